The maximum Gasteiger partial charge on any atom is 0.255 e. The summed E-state index contributed by atoms with van der Waals surface area (Å²) in [5.74, 6) is 0.0455. The summed E-state index contributed by atoms with van der Waals surface area (Å²) >= 11 is 3.34. The number of amides is 2. The molecule has 0 unspecified atom stereocenters. The fraction of sp³-hybridized carbons (Fsp3) is 0.429. The molecule has 2 N–H and O–H groups in total. The molecule has 6 heteroatoms. The third-order valence-corrected chi connectivity index (χ3v) is 3.31. The topological polar surface area (TPSA) is 72.6 Å². The van der Waals surface area contributed by atoms with E-state index in [2.05, 4.69) is 15.9 Å². The number of nitrogens with zero attached hydrogens (tertiary/aromatic N) is 1. The second-order valence-corrected chi connectivity index (χ2v) is 5.75. The molecule has 0 spiro atoms. The van der Waals surface area contributed by atoms with Gasteiger partial charge >= 0.3 is 0 Å². The van der Waals surface area contributed by atoms with Crippen molar-refractivity contribution in [2.45, 2.75) is 13.8 Å². The van der Waals surface area contributed by atoms with Crippen LogP contribution in [0, 0.1) is 5.92 Å². The Morgan fingerprint density at radius 3 is 2.55 bits per heavy atom. The molecule has 0 aliphatic heterocycles. The lowest BCUT2D eigenvalue weighted by molar-refractivity contribution is -0.118. The molecule has 0 aromatic heterocycles. The lowest BCUT2D eigenvalue weighted by Gasteiger charge is -2.24. The van der Waals surface area contributed by atoms with E-state index in [1.165, 1.54) is 12.0 Å². The van der Waals surface area contributed by atoms with Crippen LogP contribution in [0.3, 0.4) is 0 Å². The first-order valence-corrected chi connectivity index (χ1v) is 7.05. The lowest BCUT2D eigenvalue weighted by atomic mass is 10.1. The summed E-state index contributed by atoms with van der Waals surface area (Å²) in [6.45, 7) is 4.32. The summed E-state index contributed by atoms with van der Waals surface area (Å²) in [4.78, 5) is 25.1. The van der Waals surface area contributed by atoms with Crippen LogP contribution in [0.2, 0.25) is 0 Å². The van der Waals surface area contributed by atoms with E-state index in [1.54, 1.807) is 18.2 Å². The third-order valence-electron chi connectivity index (χ3n) is 2.62. The molecular weight excluding hydrogens is 324 g/mol. The van der Waals surface area contributed by atoms with Crippen LogP contribution >= 0.6 is 15.9 Å². The van der Waals surface area contributed by atoms with Crippen molar-refractivity contribution in [2.24, 2.45) is 11.7 Å². The highest BCUT2D eigenvalue weighted by atomic mass is 79.9. The van der Waals surface area contributed by atoms with E-state index in [0.717, 1.165) is 0 Å². The van der Waals surface area contributed by atoms with Gasteiger partial charge in [-0.25, -0.2) is 0 Å². The average Bonchev–Trinajstić information content (AvgIpc) is 2.36. The van der Waals surface area contributed by atoms with Gasteiger partial charge in [-0.05, 0) is 40.0 Å². The SMILES string of the molecule is COc1ccc(Br)c(C(=O)N(CC(N)=O)CC(C)C)c1. The summed E-state index contributed by atoms with van der Waals surface area (Å²) in [6.07, 6.45) is 0. The molecule has 20 heavy (non-hydrogen) atoms. The van der Waals surface area contributed by atoms with Gasteiger partial charge in [-0.2, -0.15) is 0 Å². The third kappa shape index (κ3) is 4.52. The van der Waals surface area contributed by atoms with Crippen LogP contribution in [0.1, 0.15) is 24.2 Å². The maximum absolute atomic E-state index is 12.5. The number of primary amides is 1. The van der Waals surface area contributed by atoms with Gasteiger partial charge < -0.3 is 15.4 Å². The standard InChI is InChI=1S/C14H19BrN2O3/c1-9(2)7-17(8-13(16)18)14(19)11-6-10(20-3)4-5-12(11)15/h4-6,9H,7-8H2,1-3H3,(H2,16,18). The summed E-state index contributed by atoms with van der Waals surface area (Å²) in [7, 11) is 1.53. The molecular formula is C14H19BrN2O3. The zero-order valence-corrected chi connectivity index (χ0v) is 13.4. The molecule has 1 aromatic rings. The quantitative estimate of drug-likeness (QED) is 0.859. The Labute approximate surface area is 127 Å². The van der Waals surface area contributed by atoms with Crippen LogP contribution in [0.15, 0.2) is 22.7 Å². The Hall–Kier alpha value is -1.56. The Morgan fingerprint density at radius 2 is 2.05 bits per heavy atom. The fourth-order valence-electron chi connectivity index (χ4n) is 1.81. The Kier molecular flexibility index (Phi) is 6.01. The van der Waals surface area contributed by atoms with Crippen molar-refractivity contribution in [3.05, 3.63) is 28.2 Å². The molecule has 0 atom stereocenters. The summed E-state index contributed by atoms with van der Waals surface area (Å²) in [5, 5.41) is 0. The first-order chi connectivity index (χ1) is 9.35. The second kappa shape index (κ2) is 7.28. The van der Waals surface area contributed by atoms with Gasteiger partial charge in [0.15, 0.2) is 0 Å². The van der Waals surface area contributed by atoms with Crippen LogP contribution in [0.5, 0.6) is 5.75 Å². The second-order valence-electron chi connectivity index (χ2n) is 4.89. The molecule has 110 valence electrons. The largest absolute Gasteiger partial charge is 0.497 e. The minimum Gasteiger partial charge on any atom is -0.497 e. The van der Waals surface area contributed by atoms with Crippen LogP contribution in [0.25, 0.3) is 0 Å². The van der Waals surface area contributed by atoms with Gasteiger partial charge in [-0.1, -0.05) is 13.8 Å². The molecule has 1 rings (SSSR count). The Bertz CT molecular complexity index is 503. The van der Waals surface area contributed by atoms with Crippen LogP contribution in [-0.2, 0) is 4.79 Å². The molecule has 0 aliphatic carbocycles. The van der Waals surface area contributed by atoms with E-state index in [0.29, 0.717) is 22.3 Å². The van der Waals surface area contributed by atoms with Gasteiger partial charge in [0.25, 0.3) is 5.91 Å². The summed E-state index contributed by atoms with van der Waals surface area (Å²) < 4.78 is 5.77. The van der Waals surface area contributed by atoms with Crippen molar-refractivity contribution in [1.82, 2.24) is 4.90 Å². The van der Waals surface area contributed by atoms with Crippen LogP contribution in [-0.4, -0.2) is 36.9 Å². The van der Waals surface area contributed by atoms with Gasteiger partial charge in [-0.15, -0.1) is 0 Å². The van der Waals surface area contributed by atoms with E-state index in [-0.39, 0.29) is 18.4 Å². The number of carbonyl (C=O) groups excluding carboxylic acids is 2. The van der Waals surface area contributed by atoms with Gasteiger partial charge in [0.2, 0.25) is 5.91 Å². The van der Waals surface area contributed by atoms with Gasteiger partial charge in [-0.3, -0.25) is 9.59 Å². The molecule has 0 radical (unpaired) electrons. The minimum atomic E-state index is -0.530. The monoisotopic (exact) mass is 342 g/mol. The maximum atomic E-state index is 12.5. The first-order valence-electron chi connectivity index (χ1n) is 6.26. The smallest absolute Gasteiger partial charge is 0.255 e. The molecule has 0 saturated heterocycles. The van der Waals surface area contributed by atoms with Crippen molar-refractivity contribution < 1.29 is 14.3 Å². The van der Waals surface area contributed by atoms with Crippen molar-refractivity contribution in [3.8, 4) is 5.75 Å². The average molecular weight is 343 g/mol. The number of methoxy groups -OCH3 is 1. The lowest BCUT2D eigenvalue weighted by Crippen LogP contribution is -2.40. The normalized spacial score (nSPS) is 10.4. The number of nitrogens with two attached hydrogens (primary N) is 1. The van der Waals surface area contributed by atoms with E-state index < -0.39 is 5.91 Å². The predicted molar refractivity (Wildman–Crippen MR) is 80.6 cm³/mol. The van der Waals surface area contributed by atoms with Crippen LogP contribution < -0.4 is 10.5 Å². The zero-order valence-electron chi connectivity index (χ0n) is 11.9. The number of ether oxygens (including phenoxy) is 1. The minimum absolute atomic E-state index is 0.0966. The highest BCUT2D eigenvalue weighted by Crippen LogP contribution is 2.24. The number of rotatable bonds is 6. The van der Waals surface area contributed by atoms with Crippen molar-refractivity contribution >= 4 is 27.7 Å². The predicted octanol–water partition coefficient (Wildman–Crippen LogP) is 2.04. The molecule has 1 aromatic carbocycles. The van der Waals surface area contributed by atoms with E-state index in [1.807, 2.05) is 13.8 Å². The molecule has 2 amide bonds. The zero-order chi connectivity index (χ0) is 15.3. The number of halogens is 1. The van der Waals surface area contributed by atoms with E-state index >= 15 is 0 Å². The highest BCUT2D eigenvalue weighted by Gasteiger charge is 2.21. The highest BCUT2D eigenvalue weighted by molar-refractivity contribution is 9.10. The molecule has 0 heterocycles. The van der Waals surface area contributed by atoms with Gasteiger partial charge in [0.05, 0.1) is 19.2 Å². The molecule has 0 saturated carbocycles. The van der Waals surface area contributed by atoms with Crippen molar-refractivity contribution in [1.29, 1.82) is 0 Å². The number of hydrogen-bond donors (Lipinski definition) is 1. The molecule has 0 fully saturated rings. The Balaban J connectivity index is 3.07. The van der Waals surface area contributed by atoms with Gasteiger partial charge in [0.1, 0.15) is 5.75 Å². The number of carbonyl (C=O) groups is 2. The molecule has 0 aliphatic rings. The molecule has 0 bridgehead atoms. The van der Waals surface area contributed by atoms with E-state index in [4.69, 9.17) is 10.5 Å². The summed E-state index contributed by atoms with van der Waals surface area (Å²) in [5.41, 5.74) is 5.66. The number of hydrogen-bond acceptors (Lipinski definition) is 3. The fourth-order valence-corrected chi connectivity index (χ4v) is 2.23. The first kappa shape index (κ1) is 16.5. The summed E-state index contributed by atoms with van der Waals surface area (Å²) in [6, 6.07) is 5.13. The van der Waals surface area contributed by atoms with Crippen molar-refractivity contribution in [2.75, 3.05) is 20.2 Å². The Morgan fingerprint density at radius 1 is 1.40 bits per heavy atom. The van der Waals surface area contributed by atoms with Gasteiger partial charge in [0, 0.05) is 11.0 Å². The molecule has 5 nitrogen and oxygen atoms in total. The van der Waals surface area contributed by atoms with Crippen molar-refractivity contribution in [3.63, 3.8) is 0 Å². The van der Waals surface area contributed by atoms with Crippen LogP contribution in [0.4, 0.5) is 0 Å². The number of benzene rings is 1. The van der Waals surface area contributed by atoms with E-state index in [9.17, 15) is 9.59 Å².